The Kier molecular flexibility index (Phi) is 4.78. The van der Waals surface area contributed by atoms with Gasteiger partial charge in [-0.3, -0.25) is 5.41 Å². The Morgan fingerprint density at radius 3 is 2.75 bits per heavy atom. The molecule has 1 rings (SSSR count). The van der Waals surface area contributed by atoms with Crippen LogP contribution in [0.3, 0.4) is 0 Å². The highest BCUT2D eigenvalue weighted by atomic mass is 16.5. The Morgan fingerprint density at radius 2 is 2.19 bits per heavy atom. The van der Waals surface area contributed by atoms with Gasteiger partial charge in [0.1, 0.15) is 0 Å². The molecule has 6 heteroatoms. The normalized spacial score (nSPS) is 17.9. The summed E-state index contributed by atoms with van der Waals surface area (Å²) in [7, 11) is 1.22. The standard InChI is InChI=1S/C10H17N3O3/c1-15-10(14)9(12)8(11)6-13-7-2-4-16-5-3-7/h6-7,12-13H,2-5,11H2,1H3/b8-6+,12-9?. The molecule has 0 amide bonds. The lowest BCUT2D eigenvalue weighted by Gasteiger charge is -2.22. The number of methoxy groups -OCH3 is 1. The number of hydrogen-bond donors (Lipinski definition) is 3. The molecule has 0 unspecified atom stereocenters. The lowest BCUT2D eigenvalue weighted by Crippen LogP contribution is -2.33. The van der Waals surface area contributed by atoms with Crippen LogP contribution in [0.25, 0.3) is 0 Å². The van der Waals surface area contributed by atoms with Gasteiger partial charge < -0.3 is 20.5 Å². The first kappa shape index (κ1) is 12.5. The Morgan fingerprint density at radius 1 is 1.56 bits per heavy atom. The summed E-state index contributed by atoms with van der Waals surface area (Å²) in [5, 5.41) is 10.5. The van der Waals surface area contributed by atoms with Gasteiger partial charge in [-0.25, -0.2) is 4.79 Å². The highest BCUT2D eigenvalue weighted by molar-refractivity contribution is 6.41. The zero-order chi connectivity index (χ0) is 12.0. The minimum absolute atomic E-state index is 0.0818. The van der Waals surface area contributed by atoms with Gasteiger partial charge in [0.05, 0.1) is 12.8 Å². The van der Waals surface area contributed by atoms with Crippen molar-refractivity contribution in [3.8, 4) is 0 Å². The van der Waals surface area contributed by atoms with Crippen LogP contribution < -0.4 is 11.1 Å². The molecule has 0 bridgehead atoms. The summed E-state index contributed by atoms with van der Waals surface area (Å²) in [5.41, 5.74) is 5.30. The van der Waals surface area contributed by atoms with Crippen molar-refractivity contribution in [2.24, 2.45) is 5.73 Å². The van der Waals surface area contributed by atoms with Gasteiger partial charge in [-0.1, -0.05) is 0 Å². The molecule has 0 atom stereocenters. The van der Waals surface area contributed by atoms with Crippen molar-refractivity contribution < 1.29 is 14.3 Å². The smallest absolute Gasteiger partial charge is 0.358 e. The van der Waals surface area contributed by atoms with Gasteiger partial charge in [0.25, 0.3) is 0 Å². The van der Waals surface area contributed by atoms with Gasteiger partial charge >= 0.3 is 5.97 Å². The van der Waals surface area contributed by atoms with Crippen LogP contribution in [0.1, 0.15) is 12.8 Å². The van der Waals surface area contributed by atoms with E-state index >= 15 is 0 Å². The van der Waals surface area contributed by atoms with E-state index in [2.05, 4.69) is 10.1 Å². The van der Waals surface area contributed by atoms with Crippen molar-refractivity contribution in [2.75, 3.05) is 20.3 Å². The number of esters is 1. The van der Waals surface area contributed by atoms with Crippen molar-refractivity contribution in [1.82, 2.24) is 5.32 Å². The van der Waals surface area contributed by atoms with Gasteiger partial charge in [-0.2, -0.15) is 0 Å². The van der Waals surface area contributed by atoms with Crippen LogP contribution in [0.4, 0.5) is 0 Å². The van der Waals surface area contributed by atoms with Crippen LogP contribution in [0, 0.1) is 5.41 Å². The fraction of sp³-hybridized carbons (Fsp3) is 0.600. The molecule has 0 aromatic carbocycles. The van der Waals surface area contributed by atoms with Crippen molar-refractivity contribution in [1.29, 1.82) is 5.41 Å². The summed E-state index contributed by atoms with van der Waals surface area (Å²) < 4.78 is 9.59. The van der Waals surface area contributed by atoms with Crippen LogP contribution in [0.15, 0.2) is 11.9 Å². The molecule has 6 nitrogen and oxygen atoms in total. The largest absolute Gasteiger partial charge is 0.464 e. The first-order valence-corrected chi connectivity index (χ1v) is 5.12. The molecule has 1 fully saturated rings. The summed E-state index contributed by atoms with van der Waals surface area (Å²) in [6, 6.07) is 0.290. The maximum Gasteiger partial charge on any atom is 0.358 e. The van der Waals surface area contributed by atoms with E-state index in [9.17, 15) is 4.79 Å². The van der Waals surface area contributed by atoms with Crippen LogP contribution in [-0.4, -0.2) is 38.0 Å². The van der Waals surface area contributed by atoms with E-state index in [1.807, 2.05) is 0 Å². The predicted molar refractivity (Wildman–Crippen MR) is 59.0 cm³/mol. The van der Waals surface area contributed by atoms with E-state index in [4.69, 9.17) is 15.9 Å². The summed E-state index contributed by atoms with van der Waals surface area (Å²) >= 11 is 0. The quantitative estimate of drug-likeness (QED) is 0.454. The fourth-order valence-corrected chi connectivity index (χ4v) is 1.36. The van der Waals surface area contributed by atoms with Crippen LogP contribution >= 0.6 is 0 Å². The lowest BCUT2D eigenvalue weighted by atomic mass is 10.1. The van der Waals surface area contributed by atoms with Crippen molar-refractivity contribution >= 4 is 11.7 Å². The second-order valence-corrected chi connectivity index (χ2v) is 3.52. The van der Waals surface area contributed by atoms with Gasteiger partial charge in [0.2, 0.25) is 0 Å². The molecule has 1 aliphatic rings. The van der Waals surface area contributed by atoms with Crippen LogP contribution in [0.2, 0.25) is 0 Å². The summed E-state index contributed by atoms with van der Waals surface area (Å²) in [5.74, 6) is -0.734. The van der Waals surface area contributed by atoms with E-state index in [1.165, 1.54) is 13.3 Å². The molecule has 90 valence electrons. The van der Waals surface area contributed by atoms with E-state index in [-0.39, 0.29) is 17.5 Å². The van der Waals surface area contributed by atoms with Crippen LogP contribution in [-0.2, 0) is 14.3 Å². The third-order valence-corrected chi connectivity index (χ3v) is 2.37. The molecule has 0 spiro atoms. The summed E-state index contributed by atoms with van der Waals surface area (Å²) in [6.07, 6.45) is 3.28. The monoisotopic (exact) mass is 227 g/mol. The average molecular weight is 227 g/mol. The SMILES string of the molecule is COC(=O)C(=N)/C(N)=C\NC1CCOCC1. The molecule has 4 N–H and O–H groups in total. The van der Waals surface area contributed by atoms with Crippen molar-refractivity contribution in [3.63, 3.8) is 0 Å². The van der Waals surface area contributed by atoms with Crippen molar-refractivity contribution in [3.05, 3.63) is 11.9 Å². The van der Waals surface area contributed by atoms with E-state index in [0.717, 1.165) is 26.1 Å². The molecular weight excluding hydrogens is 210 g/mol. The number of hydrogen-bond acceptors (Lipinski definition) is 6. The Labute approximate surface area is 94.3 Å². The summed E-state index contributed by atoms with van der Waals surface area (Å²) in [6.45, 7) is 1.44. The Hall–Kier alpha value is -1.56. The Bertz CT molecular complexity index is 296. The Balaban J connectivity index is 2.43. The summed E-state index contributed by atoms with van der Waals surface area (Å²) in [4.78, 5) is 11.0. The number of nitrogens with one attached hydrogen (secondary N) is 2. The van der Waals surface area contributed by atoms with Gasteiger partial charge in [0, 0.05) is 25.5 Å². The maximum atomic E-state index is 11.0. The predicted octanol–water partition coefficient (Wildman–Crippen LogP) is -0.252. The van der Waals surface area contributed by atoms with Gasteiger partial charge in [-0.05, 0) is 12.8 Å². The van der Waals surface area contributed by atoms with Gasteiger partial charge in [-0.15, -0.1) is 0 Å². The first-order valence-electron chi connectivity index (χ1n) is 5.12. The fourth-order valence-electron chi connectivity index (χ4n) is 1.36. The minimum atomic E-state index is -0.734. The number of nitrogens with two attached hydrogens (primary N) is 1. The zero-order valence-electron chi connectivity index (χ0n) is 9.29. The highest BCUT2D eigenvalue weighted by Gasteiger charge is 2.14. The highest BCUT2D eigenvalue weighted by Crippen LogP contribution is 2.06. The molecule has 0 radical (unpaired) electrons. The van der Waals surface area contributed by atoms with Gasteiger partial charge in [0.15, 0.2) is 5.71 Å². The molecule has 0 saturated carbocycles. The molecule has 1 saturated heterocycles. The second kappa shape index (κ2) is 6.12. The molecule has 16 heavy (non-hydrogen) atoms. The molecular formula is C10H17N3O3. The molecule has 0 aromatic heterocycles. The van der Waals surface area contributed by atoms with E-state index in [0.29, 0.717) is 0 Å². The first-order chi connectivity index (χ1) is 7.65. The lowest BCUT2D eigenvalue weighted by molar-refractivity contribution is -0.132. The second-order valence-electron chi connectivity index (χ2n) is 3.52. The molecule has 1 heterocycles. The number of rotatable bonds is 4. The molecule has 0 aromatic rings. The van der Waals surface area contributed by atoms with Crippen LogP contribution in [0.5, 0.6) is 0 Å². The van der Waals surface area contributed by atoms with E-state index in [1.54, 1.807) is 0 Å². The number of ether oxygens (including phenoxy) is 2. The average Bonchev–Trinajstić information content (AvgIpc) is 2.35. The minimum Gasteiger partial charge on any atom is -0.464 e. The number of carbonyl (C=O) groups excluding carboxylic acids is 1. The maximum absolute atomic E-state index is 11.0. The third kappa shape index (κ3) is 3.54. The van der Waals surface area contributed by atoms with E-state index < -0.39 is 5.97 Å². The molecule has 1 aliphatic heterocycles. The molecule has 0 aliphatic carbocycles. The van der Waals surface area contributed by atoms with Crippen molar-refractivity contribution in [2.45, 2.75) is 18.9 Å². The zero-order valence-corrected chi connectivity index (χ0v) is 9.29. The topological polar surface area (TPSA) is 97.4 Å². The number of carbonyl (C=O) groups is 1. The third-order valence-electron chi connectivity index (χ3n) is 2.37.